The normalized spacial score (nSPS) is 20.9. The van der Waals surface area contributed by atoms with E-state index in [0.717, 1.165) is 61.6 Å². The third-order valence-electron chi connectivity index (χ3n) is 8.76. The summed E-state index contributed by atoms with van der Waals surface area (Å²) in [6.45, 7) is 3.82. The molecule has 0 aliphatic carbocycles. The fourth-order valence-corrected chi connectivity index (χ4v) is 6.21. The second-order valence-corrected chi connectivity index (χ2v) is 11.1. The number of nitrogens with one attached hydrogen (secondary N) is 2. The highest BCUT2D eigenvalue weighted by Crippen LogP contribution is 2.42. The fraction of sp³-hybridized carbons (Fsp3) is 0.467. The molecule has 9 nitrogen and oxygen atoms in total. The first kappa shape index (κ1) is 25.6. The number of carbonyl (C=O) groups is 2. The van der Waals surface area contributed by atoms with Crippen molar-refractivity contribution in [1.29, 1.82) is 0 Å². The Hall–Kier alpha value is -3.72. The lowest BCUT2D eigenvalue weighted by molar-refractivity contribution is -0.120. The molecular formula is C30H36N6O3. The molecule has 3 aliphatic heterocycles. The van der Waals surface area contributed by atoms with Gasteiger partial charge in [0.05, 0.1) is 0 Å². The van der Waals surface area contributed by atoms with Crippen molar-refractivity contribution >= 4 is 23.2 Å². The van der Waals surface area contributed by atoms with Crippen LogP contribution in [0.3, 0.4) is 0 Å². The van der Waals surface area contributed by atoms with E-state index in [1.54, 1.807) is 11.9 Å². The van der Waals surface area contributed by atoms with Crippen LogP contribution in [0.5, 0.6) is 0 Å². The molecule has 2 fully saturated rings. The number of aromatic nitrogens is 3. The van der Waals surface area contributed by atoms with Crippen LogP contribution < -0.4 is 15.1 Å². The fourth-order valence-electron chi connectivity index (χ4n) is 6.21. The minimum absolute atomic E-state index is 0.0489. The minimum Gasteiger partial charge on any atom is -0.381 e. The molecule has 3 aliphatic rings. The Bertz CT molecular complexity index is 1320. The maximum atomic E-state index is 13.4. The molecule has 1 aromatic heterocycles. The molecule has 2 N–H and O–H groups in total. The predicted molar refractivity (Wildman–Crippen MR) is 149 cm³/mol. The minimum atomic E-state index is -0.641. The van der Waals surface area contributed by atoms with Crippen LogP contribution in [0.15, 0.2) is 48.5 Å². The lowest BCUT2D eigenvalue weighted by atomic mass is 9.72. The molecule has 2 saturated heterocycles. The van der Waals surface area contributed by atoms with Crippen LogP contribution in [-0.2, 0) is 22.4 Å². The first-order chi connectivity index (χ1) is 19.0. The number of hydrogen-bond acceptors (Lipinski definition) is 6. The zero-order chi connectivity index (χ0) is 26.8. The topological polar surface area (TPSA) is 103 Å². The van der Waals surface area contributed by atoms with Gasteiger partial charge in [-0.15, -0.1) is 5.10 Å². The highest BCUT2D eigenvalue weighted by atomic mass is 16.5. The van der Waals surface area contributed by atoms with Crippen LogP contribution in [0, 0.1) is 5.41 Å². The van der Waals surface area contributed by atoms with Gasteiger partial charge in [0, 0.05) is 51.1 Å². The quantitative estimate of drug-likeness (QED) is 0.526. The first-order valence-electron chi connectivity index (χ1n) is 14.0. The average molecular weight is 529 g/mol. The monoisotopic (exact) mass is 528 g/mol. The number of nitrogens with zero attached hydrogens (tertiary/aromatic N) is 4. The third kappa shape index (κ3) is 5.41. The number of rotatable bonds is 5. The number of ether oxygens (including phenoxy) is 1. The van der Waals surface area contributed by atoms with E-state index in [1.807, 2.05) is 30.3 Å². The summed E-state index contributed by atoms with van der Waals surface area (Å²) in [6.07, 6.45) is 6.48. The van der Waals surface area contributed by atoms with E-state index >= 15 is 0 Å². The zero-order valence-corrected chi connectivity index (χ0v) is 22.5. The zero-order valence-electron chi connectivity index (χ0n) is 22.5. The molecule has 2 amide bonds. The Morgan fingerprint density at radius 3 is 2.64 bits per heavy atom. The summed E-state index contributed by atoms with van der Waals surface area (Å²) in [7, 11) is 1.80. The van der Waals surface area contributed by atoms with Crippen LogP contribution in [-0.4, -0.2) is 66.4 Å². The van der Waals surface area contributed by atoms with Crippen molar-refractivity contribution in [3.05, 3.63) is 71.3 Å². The predicted octanol–water partition coefficient (Wildman–Crippen LogP) is 3.50. The number of anilines is 2. The van der Waals surface area contributed by atoms with Crippen LogP contribution in [0.4, 0.5) is 11.4 Å². The van der Waals surface area contributed by atoms with E-state index in [1.165, 1.54) is 12.8 Å². The van der Waals surface area contributed by atoms with Gasteiger partial charge in [0.2, 0.25) is 11.7 Å². The van der Waals surface area contributed by atoms with E-state index in [-0.39, 0.29) is 11.7 Å². The first-order valence-corrected chi connectivity index (χ1v) is 14.0. The van der Waals surface area contributed by atoms with Crippen molar-refractivity contribution in [2.45, 2.75) is 51.0 Å². The molecule has 1 atom stereocenters. The molecule has 1 spiro atoms. The van der Waals surface area contributed by atoms with E-state index in [0.29, 0.717) is 30.5 Å². The molecular weight excluding hydrogens is 492 g/mol. The molecule has 0 unspecified atom stereocenters. The summed E-state index contributed by atoms with van der Waals surface area (Å²) in [5.41, 5.74) is 4.70. The van der Waals surface area contributed by atoms with Crippen molar-refractivity contribution in [3.8, 4) is 0 Å². The van der Waals surface area contributed by atoms with Gasteiger partial charge in [0.15, 0.2) is 0 Å². The molecule has 6 rings (SSSR count). The number of aromatic amines is 1. The van der Waals surface area contributed by atoms with Gasteiger partial charge in [0.25, 0.3) is 5.91 Å². The van der Waals surface area contributed by atoms with Gasteiger partial charge in [-0.05, 0) is 67.2 Å². The molecule has 3 aromatic rings. The molecule has 4 heterocycles. The van der Waals surface area contributed by atoms with Crippen molar-refractivity contribution in [3.63, 3.8) is 0 Å². The summed E-state index contributed by atoms with van der Waals surface area (Å²) < 4.78 is 5.60. The van der Waals surface area contributed by atoms with Crippen molar-refractivity contribution < 1.29 is 14.3 Å². The summed E-state index contributed by atoms with van der Waals surface area (Å²) in [5, 5.41) is 9.82. The Balaban J connectivity index is 1.10. The average Bonchev–Trinajstić information content (AvgIpc) is 3.40. The summed E-state index contributed by atoms with van der Waals surface area (Å²) in [6, 6.07) is 15.7. The second kappa shape index (κ2) is 10.8. The molecule has 0 radical (unpaired) electrons. The largest absolute Gasteiger partial charge is 0.381 e. The number of amides is 2. The molecule has 0 saturated carbocycles. The summed E-state index contributed by atoms with van der Waals surface area (Å²) >= 11 is 0. The second-order valence-electron chi connectivity index (χ2n) is 11.1. The lowest BCUT2D eigenvalue weighted by Gasteiger charge is -2.45. The number of H-pyrrole nitrogens is 1. The van der Waals surface area contributed by atoms with Gasteiger partial charge in [-0.25, -0.2) is 4.98 Å². The maximum absolute atomic E-state index is 13.4. The van der Waals surface area contributed by atoms with E-state index in [2.05, 4.69) is 43.6 Å². The van der Waals surface area contributed by atoms with Gasteiger partial charge in [-0.2, -0.15) is 0 Å². The molecule has 39 heavy (non-hydrogen) atoms. The molecule has 2 aromatic carbocycles. The number of hydrogen-bond donors (Lipinski definition) is 2. The van der Waals surface area contributed by atoms with Gasteiger partial charge in [0.1, 0.15) is 11.9 Å². The number of fused-ring (bicyclic) bond motifs is 1. The number of piperidine rings is 1. The van der Waals surface area contributed by atoms with Gasteiger partial charge < -0.3 is 19.9 Å². The third-order valence-corrected chi connectivity index (χ3v) is 8.76. The Morgan fingerprint density at radius 1 is 1.10 bits per heavy atom. The number of carbonyl (C=O) groups excluding carboxylic acids is 2. The van der Waals surface area contributed by atoms with Crippen LogP contribution >= 0.6 is 0 Å². The summed E-state index contributed by atoms with van der Waals surface area (Å²) in [5.74, 6) is 0.0855. The van der Waals surface area contributed by atoms with Gasteiger partial charge >= 0.3 is 0 Å². The highest BCUT2D eigenvalue weighted by Gasteiger charge is 2.36. The number of aryl methyl sites for hydroxylation is 1. The van der Waals surface area contributed by atoms with Crippen molar-refractivity contribution in [2.75, 3.05) is 43.2 Å². The van der Waals surface area contributed by atoms with Gasteiger partial charge in [-0.1, -0.05) is 36.4 Å². The van der Waals surface area contributed by atoms with Gasteiger partial charge in [-0.3, -0.25) is 14.7 Å². The smallest absolute Gasteiger partial charge is 0.291 e. The maximum Gasteiger partial charge on any atom is 0.291 e. The highest BCUT2D eigenvalue weighted by molar-refractivity contribution is 6.02. The Morgan fingerprint density at radius 2 is 1.87 bits per heavy atom. The Kier molecular flexibility index (Phi) is 7.08. The number of likely N-dealkylation sites (N-methyl/N-ethyl adjacent to an activating group) is 1. The molecule has 204 valence electrons. The molecule has 0 bridgehead atoms. The van der Waals surface area contributed by atoms with Crippen LogP contribution in [0.25, 0.3) is 0 Å². The van der Waals surface area contributed by atoms with Crippen LogP contribution in [0.2, 0.25) is 0 Å². The lowest BCUT2D eigenvalue weighted by Crippen LogP contribution is -2.47. The summed E-state index contributed by atoms with van der Waals surface area (Å²) in [4.78, 5) is 34.9. The Labute approximate surface area is 228 Å². The molecule has 9 heteroatoms. The van der Waals surface area contributed by atoms with E-state index < -0.39 is 11.9 Å². The van der Waals surface area contributed by atoms with Crippen molar-refractivity contribution in [2.24, 2.45) is 5.41 Å². The van der Waals surface area contributed by atoms with E-state index in [9.17, 15) is 9.59 Å². The number of benzene rings is 2. The standard InChI is InChI=1S/C30H36N6O3/c1-35-25-20-23(36-15-11-30(12-16-36)13-17-39-18-14-30)9-7-22(25)8-10-24(29(35)38)31-28(37)27-32-26(33-34-27)19-21-5-3-2-4-6-21/h2-7,9,20,24H,8,10-19H2,1H3,(H,31,37)(H,32,33,34)/t24-/m0/s1. The van der Waals surface area contributed by atoms with Crippen LogP contribution in [0.1, 0.15) is 59.7 Å². The van der Waals surface area contributed by atoms with Crippen molar-refractivity contribution in [1.82, 2.24) is 20.5 Å². The van der Waals surface area contributed by atoms with E-state index in [4.69, 9.17) is 4.74 Å². The SMILES string of the molecule is CN1C(=O)[C@@H](NC(=O)c2n[nH]c(Cc3ccccc3)n2)CCc2ccc(N3CCC4(CCOCC4)CC3)cc21.